The monoisotopic (exact) mass is 806 g/mol. The SMILES string of the molecule is COC(=O)N[C@H](C(=O)N1CCC[C@H]1c1ncc(C#Cc2csc3c(C#Cc4cnc([C@@H]5CCCN5C(=O)[C@H](NC(=O)OC)c5ccccc5)[nH]4)csc23)[nH]1)C(C)C. The van der Waals surface area contributed by atoms with E-state index in [1.807, 2.05) is 42.8 Å². The number of benzene rings is 1. The van der Waals surface area contributed by atoms with Crippen molar-refractivity contribution in [3.63, 3.8) is 0 Å². The molecule has 2 aliphatic rings. The lowest BCUT2D eigenvalue weighted by atomic mass is 10.0. The quantitative estimate of drug-likeness (QED) is 0.138. The lowest BCUT2D eigenvalue weighted by molar-refractivity contribution is -0.135. The molecule has 2 saturated heterocycles. The van der Waals surface area contributed by atoms with Gasteiger partial charge in [-0.3, -0.25) is 9.59 Å². The summed E-state index contributed by atoms with van der Waals surface area (Å²) in [6.07, 6.45) is 5.15. The van der Waals surface area contributed by atoms with Gasteiger partial charge in [-0.25, -0.2) is 19.6 Å². The Morgan fingerprint density at radius 1 is 0.754 bits per heavy atom. The molecule has 4 aromatic heterocycles. The summed E-state index contributed by atoms with van der Waals surface area (Å²) in [4.78, 5) is 70.8. The van der Waals surface area contributed by atoms with Crippen LogP contribution >= 0.6 is 22.7 Å². The van der Waals surface area contributed by atoms with Gasteiger partial charge in [-0.1, -0.05) is 56.0 Å². The average Bonchev–Trinajstić information content (AvgIpc) is 4.08. The van der Waals surface area contributed by atoms with Crippen molar-refractivity contribution >= 4 is 56.1 Å². The molecule has 2 aliphatic heterocycles. The number of methoxy groups -OCH3 is 2. The molecule has 0 saturated carbocycles. The number of imidazole rings is 2. The maximum atomic E-state index is 13.8. The minimum atomic E-state index is -0.895. The van der Waals surface area contributed by atoms with Gasteiger partial charge in [0.15, 0.2) is 0 Å². The molecule has 0 aliphatic carbocycles. The first-order valence-electron chi connectivity index (χ1n) is 18.6. The zero-order chi connectivity index (χ0) is 40.1. The molecule has 2 fully saturated rings. The van der Waals surface area contributed by atoms with Gasteiger partial charge >= 0.3 is 12.2 Å². The maximum Gasteiger partial charge on any atom is 0.407 e. The number of thiophene rings is 2. The van der Waals surface area contributed by atoms with E-state index in [0.29, 0.717) is 41.7 Å². The van der Waals surface area contributed by atoms with E-state index in [1.165, 1.54) is 14.2 Å². The average molecular weight is 807 g/mol. The molecule has 0 bridgehead atoms. The van der Waals surface area contributed by atoms with Gasteiger partial charge in [0.1, 0.15) is 35.1 Å². The van der Waals surface area contributed by atoms with Crippen LogP contribution in [0.15, 0.2) is 53.5 Å². The van der Waals surface area contributed by atoms with Crippen LogP contribution in [0.1, 0.15) is 97.4 Å². The first kappa shape index (κ1) is 39.1. The van der Waals surface area contributed by atoms with Crippen molar-refractivity contribution < 1.29 is 28.7 Å². The molecule has 6 heterocycles. The van der Waals surface area contributed by atoms with Crippen LogP contribution in [-0.2, 0) is 19.1 Å². The number of carbonyl (C=O) groups excluding carboxylic acids is 4. The summed E-state index contributed by atoms with van der Waals surface area (Å²) in [7, 11) is 2.55. The molecular formula is C41H42N8O6S2. The zero-order valence-electron chi connectivity index (χ0n) is 31.9. The highest BCUT2D eigenvalue weighted by molar-refractivity contribution is 7.26. The first-order chi connectivity index (χ1) is 27.6. The summed E-state index contributed by atoms with van der Waals surface area (Å²) in [6.45, 7) is 4.88. The third kappa shape index (κ3) is 8.52. The number of H-pyrrole nitrogens is 2. The molecule has 294 valence electrons. The number of fused-ring (bicyclic) bond motifs is 1. The van der Waals surface area contributed by atoms with E-state index >= 15 is 0 Å². The number of ether oxygens (including phenoxy) is 2. The van der Waals surface area contributed by atoms with Crippen LogP contribution < -0.4 is 10.6 Å². The van der Waals surface area contributed by atoms with E-state index in [0.717, 1.165) is 46.2 Å². The molecule has 57 heavy (non-hydrogen) atoms. The highest BCUT2D eigenvalue weighted by atomic mass is 32.1. The summed E-state index contributed by atoms with van der Waals surface area (Å²) < 4.78 is 11.6. The molecule has 4 N–H and O–H groups in total. The van der Waals surface area contributed by atoms with Gasteiger partial charge in [0, 0.05) is 23.8 Å². The van der Waals surface area contributed by atoms with Crippen LogP contribution in [0, 0.1) is 29.6 Å². The van der Waals surface area contributed by atoms with Crippen molar-refractivity contribution in [1.29, 1.82) is 0 Å². The van der Waals surface area contributed by atoms with E-state index in [-0.39, 0.29) is 29.8 Å². The predicted molar refractivity (Wildman–Crippen MR) is 215 cm³/mol. The number of aromatic nitrogens is 4. The van der Waals surface area contributed by atoms with Crippen molar-refractivity contribution in [2.45, 2.75) is 63.7 Å². The Kier molecular flexibility index (Phi) is 11.9. The second-order valence-corrected chi connectivity index (χ2v) is 15.8. The number of hydrogen-bond donors (Lipinski definition) is 4. The molecule has 16 heteroatoms. The van der Waals surface area contributed by atoms with Crippen molar-refractivity contribution in [3.8, 4) is 23.7 Å². The highest BCUT2D eigenvalue weighted by Gasteiger charge is 2.38. The highest BCUT2D eigenvalue weighted by Crippen LogP contribution is 2.36. The number of aromatic amines is 2. The Balaban J connectivity index is 1.02. The lowest BCUT2D eigenvalue weighted by Crippen LogP contribution is -2.51. The van der Waals surface area contributed by atoms with E-state index in [4.69, 9.17) is 9.47 Å². The number of carbonyl (C=O) groups is 4. The van der Waals surface area contributed by atoms with Crippen LogP contribution in [0.3, 0.4) is 0 Å². The Morgan fingerprint density at radius 3 is 1.77 bits per heavy atom. The van der Waals surface area contributed by atoms with Crippen LogP contribution in [0.5, 0.6) is 0 Å². The van der Waals surface area contributed by atoms with Gasteiger partial charge in [-0.15, -0.1) is 22.7 Å². The molecule has 14 nitrogen and oxygen atoms in total. The summed E-state index contributed by atoms with van der Waals surface area (Å²) in [5.41, 5.74) is 3.71. The molecule has 7 rings (SSSR count). The molecule has 0 unspecified atom stereocenters. The largest absolute Gasteiger partial charge is 0.453 e. The summed E-state index contributed by atoms with van der Waals surface area (Å²) >= 11 is 3.16. The Labute approximate surface area is 337 Å². The first-order valence-corrected chi connectivity index (χ1v) is 20.4. The molecule has 4 amide bonds. The zero-order valence-corrected chi connectivity index (χ0v) is 33.5. The molecule has 1 aromatic carbocycles. The minimum absolute atomic E-state index is 0.119. The smallest absolute Gasteiger partial charge is 0.407 e. The summed E-state index contributed by atoms with van der Waals surface area (Å²) in [5, 5.41) is 9.41. The van der Waals surface area contributed by atoms with Crippen molar-refractivity contribution in [2.75, 3.05) is 27.3 Å². The number of rotatable bonds is 8. The summed E-state index contributed by atoms with van der Waals surface area (Å²) in [5.74, 6) is 13.8. The van der Waals surface area contributed by atoms with Gasteiger partial charge in [-0.05, 0) is 49.0 Å². The number of nitrogens with zero attached hydrogens (tertiary/aromatic N) is 4. The van der Waals surface area contributed by atoms with Gasteiger partial charge in [0.05, 0.1) is 59.2 Å². The van der Waals surface area contributed by atoms with Gasteiger partial charge < -0.3 is 39.9 Å². The topological polar surface area (TPSA) is 175 Å². The maximum absolute atomic E-state index is 13.8. The van der Waals surface area contributed by atoms with Crippen LogP contribution in [0.25, 0.3) is 9.40 Å². The minimum Gasteiger partial charge on any atom is -0.453 e. The van der Waals surface area contributed by atoms with Gasteiger partial charge in [0.2, 0.25) is 5.91 Å². The third-order valence-corrected chi connectivity index (χ3v) is 12.2. The molecule has 4 atom stereocenters. The molecule has 0 spiro atoms. The number of amides is 4. The fraction of sp³-hybridized carbons (Fsp3) is 0.366. The number of likely N-dealkylation sites (tertiary alicyclic amines) is 2. The fourth-order valence-corrected chi connectivity index (χ4v) is 9.36. The molecular weight excluding hydrogens is 765 g/mol. The van der Waals surface area contributed by atoms with E-state index in [9.17, 15) is 19.2 Å². The van der Waals surface area contributed by atoms with Crippen LogP contribution in [0.4, 0.5) is 9.59 Å². The third-order valence-electron chi connectivity index (χ3n) is 10.1. The van der Waals surface area contributed by atoms with Crippen molar-refractivity contribution in [3.05, 3.63) is 93.2 Å². The van der Waals surface area contributed by atoms with Gasteiger partial charge in [0.25, 0.3) is 5.91 Å². The number of alkyl carbamates (subject to hydrolysis) is 2. The number of nitrogens with one attached hydrogen (secondary N) is 4. The second-order valence-electron chi connectivity index (χ2n) is 14.0. The normalized spacial score (nSPS) is 17.4. The lowest BCUT2D eigenvalue weighted by Gasteiger charge is -2.29. The number of hydrogen-bond acceptors (Lipinski definition) is 10. The second kappa shape index (κ2) is 17.4. The van der Waals surface area contributed by atoms with Gasteiger partial charge in [-0.2, -0.15) is 0 Å². The predicted octanol–water partition coefficient (Wildman–Crippen LogP) is 6.01. The fourth-order valence-electron chi connectivity index (χ4n) is 7.19. The Morgan fingerprint density at radius 2 is 1.26 bits per heavy atom. The van der Waals surface area contributed by atoms with Crippen LogP contribution in [0.2, 0.25) is 0 Å². The van der Waals surface area contributed by atoms with Crippen molar-refractivity contribution in [2.24, 2.45) is 5.92 Å². The van der Waals surface area contributed by atoms with E-state index in [2.05, 4.69) is 54.3 Å². The van der Waals surface area contributed by atoms with Crippen molar-refractivity contribution in [1.82, 2.24) is 40.4 Å². The van der Waals surface area contributed by atoms with Crippen LogP contribution in [-0.4, -0.2) is 87.1 Å². The Bertz CT molecular complexity index is 2390. The van der Waals surface area contributed by atoms with E-state index in [1.54, 1.807) is 57.0 Å². The van der Waals surface area contributed by atoms with E-state index < -0.39 is 24.3 Å². The molecule has 0 radical (unpaired) electrons. The molecule has 5 aromatic rings. The standard InChI is InChI=1S/C41H42N8O6S2/c1-24(2)32(46-40(52)54-3)38(50)48-18-8-12-30(48)36-42-20-28(44-36)16-14-26-22-56-35-27(23-57-34(26)35)15-17-29-21-43-37(45-29)31-13-9-19-49(31)39(51)33(47-41(53)55-4)25-10-6-5-7-11-25/h5-7,10-11,20-24,30-33H,8-9,12-13,18-19H2,1-4H3,(H,42,44)(H,43,45)(H,46,52)(H,47,53)/t30-,31-,32-,33+/m0/s1. The Hall–Kier alpha value is -6.10. The summed E-state index contributed by atoms with van der Waals surface area (Å²) in [6, 6.07) is 6.98.